The van der Waals surface area contributed by atoms with Crippen molar-refractivity contribution in [3.8, 4) is 5.75 Å². The van der Waals surface area contributed by atoms with Crippen LogP contribution < -0.4 is 4.74 Å². The number of rotatable bonds is 3. The molecule has 1 unspecified atom stereocenters. The van der Waals surface area contributed by atoms with Crippen LogP contribution in [0.15, 0.2) is 12.1 Å². The van der Waals surface area contributed by atoms with E-state index in [9.17, 15) is 4.79 Å². The molecular weight excluding hydrogens is 192 g/mol. The Morgan fingerprint density at radius 1 is 1.40 bits per heavy atom. The average molecular weight is 208 g/mol. The van der Waals surface area contributed by atoms with E-state index in [1.54, 1.807) is 14.0 Å². The lowest BCUT2D eigenvalue weighted by atomic mass is 9.94. The van der Waals surface area contributed by atoms with Crippen molar-refractivity contribution in [1.29, 1.82) is 0 Å². The van der Waals surface area contributed by atoms with Gasteiger partial charge in [-0.1, -0.05) is 6.07 Å². The highest BCUT2D eigenvalue weighted by Crippen LogP contribution is 2.31. The monoisotopic (exact) mass is 208 g/mol. The Morgan fingerprint density at radius 3 is 2.47 bits per heavy atom. The first kappa shape index (κ1) is 11.6. The van der Waals surface area contributed by atoms with Crippen molar-refractivity contribution in [2.75, 3.05) is 7.11 Å². The second-order valence-electron chi connectivity index (χ2n) is 3.76. The van der Waals surface area contributed by atoms with E-state index in [1.807, 2.05) is 26.0 Å². The van der Waals surface area contributed by atoms with Crippen LogP contribution in [0, 0.1) is 13.8 Å². The predicted octanol–water partition coefficient (Wildman–Crippen LogP) is 2.50. The van der Waals surface area contributed by atoms with Crippen LogP contribution in [0.5, 0.6) is 5.75 Å². The van der Waals surface area contributed by atoms with Gasteiger partial charge in [0.1, 0.15) is 5.75 Å². The summed E-state index contributed by atoms with van der Waals surface area (Å²) in [7, 11) is 1.56. The highest BCUT2D eigenvalue weighted by Gasteiger charge is 2.20. The number of ether oxygens (including phenoxy) is 1. The van der Waals surface area contributed by atoms with Crippen LogP contribution in [-0.2, 0) is 4.79 Å². The van der Waals surface area contributed by atoms with E-state index < -0.39 is 11.9 Å². The Labute approximate surface area is 89.7 Å². The molecule has 0 aliphatic carbocycles. The Kier molecular flexibility index (Phi) is 3.35. The van der Waals surface area contributed by atoms with Gasteiger partial charge >= 0.3 is 5.97 Å². The molecule has 1 atom stereocenters. The third-order valence-corrected chi connectivity index (χ3v) is 2.52. The van der Waals surface area contributed by atoms with Crippen LogP contribution >= 0.6 is 0 Å². The quantitative estimate of drug-likeness (QED) is 0.830. The molecule has 0 fully saturated rings. The molecule has 1 aromatic rings. The summed E-state index contributed by atoms with van der Waals surface area (Å²) in [5, 5.41) is 8.99. The van der Waals surface area contributed by atoms with Crippen molar-refractivity contribution in [1.82, 2.24) is 0 Å². The minimum atomic E-state index is -0.833. The van der Waals surface area contributed by atoms with Gasteiger partial charge in [-0.15, -0.1) is 0 Å². The van der Waals surface area contributed by atoms with E-state index in [2.05, 4.69) is 0 Å². The molecule has 1 aromatic carbocycles. The third-order valence-electron chi connectivity index (χ3n) is 2.52. The summed E-state index contributed by atoms with van der Waals surface area (Å²) in [6.45, 7) is 5.54. The molecule has 3 nitrogen and oxygen atoms in total. The Hall–Kier alpha value is -1.51. The Morgan fingerprint density at radius 2 is 2.00 bits per heavy atom. The highest BCUT2D eigenvalue weighted by atomic mass is 16.5. The van der Waals surface area contributed by atoms with Crippen LogP contribution in [0.4, 0.5) is 0 Å². The number of hydrogen-bond donors (Lipinski definition) is 1. The van der Waals surface area contributed by atoms with Crippen LogP contribution in [0.3, 0.4) is 0 Å². The van der Waals surface area contributed by atoms with Gasteiger partial charge in [0.15, 0.2) is 0 Å². The minimum Gasteiger partial charge on any atom is -0.496 e. The molecule has 0 heterocycles. The summed E-state index contributed by atoms with van der Waals surface area (Å²) in [5.74, 6) is -0.719. The highest BCUT2D eigenvalue weighted by molar-refractivity contribution is 5.77. The molecule has 15 heavy (non-hydrogen) atoms. The first-order chi connectivity index (χ1) is 6.97. The number of methoxy groups -OCH3 is 1. The molecule has 0 spiro atoms. The van der Waals surface area contributed by atoms with Crippen molar-refractivity contribution >= 4 is 5.97 Å². The van der Waals surface area contributed by atoms with E-state index in [4.69, 9.17) is 9.84 Å². The molecule has 0 aliphatic heterocycles. The lowest BCUT2D eigenvalue weighted by Crippen LogP contribution is -2.10. The van der Waals surface area contributed by atoms with E-state index in [0.29, 0.717) is 5.75 Å². The fourth-order valence-electron chi connectivity index (χ4n) is 1.79. The molecule has 0 saturated carbocycles. The first-order valence-electron chi connectivity index (χ1n) is 4.85. The maximum atomic E-state index is 10.9. The molecule has 0 aliphatic rings. The summed E-state index contributed by atoms with van der Waals surface area (Å²) in [6.07, 6.45) is 0. The molecule has 0 saturated heterocycles. The smallest absolute Gasteiger partial charge is 0.310 e. The van der Waals surface area contributed by atoms with Gasteiger partial charge in [-0.3, -0.25) is 4.79 Å². The third kappa shape index (κ3) is 2.29. The zero-order valence-corrected chi connectivity index (χ0v) is 9.50. The van der Waals surface area contributed by atoms with Crippen LogP contribution in [-0.4, -0.2) is 18.2 Å². The van der Waals surface area contributed by atoms with Crippen molar-refractivity contribution < 1.29 is 14.6 Å². The van der Waals surface area contributed by atoms with Gasteiger partial charge < -0.3 is 9.84 Å². The van der Waals surface area contributed by atoms with Gasteiger partial charge in [-0.25, -0.2) is 0 Å². The average Bonchev–Trinajstić information content (AvgIpc) is 2.15. The summed E-state index contributed by atoms with van der Waals surface area (Å²) in [5.41, 5.74) is 2.79. The van der Waals surface area contributed by atoms with E-state index in [1.165, 1.54) is 0 Å². The topological polar surface area (TPSA) is 46.5 Å². The largest absolute Gasteiger partial charge is 0.496 e. The SMILES string of the molecule is COc1cc(C)cc(C)c1C(C)C(=O)O. The maximum Gasteiger partial charge on any atom is 0.310 e. The summed E-state index contributed by atoms with van der Waals surface area (Å²) >= 11 is 0. The number of hydrogen-bond acceptors (Lipinski definition) is 2. The minimum absolute atomic E-state index is 0.541. The number of aliphatic carboxylic acids is 1. The second kappa shape index (κ2) is 4.34. The summed E-state index contributed by atoms with van der Waals surface area (Å²) in [6, 6.07) is 3.83. The molecule has 82 valence electrons. The summed E-state index contributed by atoms with van der Waals surface area (Å²) < 4.78 is 5.21. The van der Waals surface area contributed by atoms with Gasteiger partial charge in [0.25, 0.3) is 0 Å². The molecule has 1 rings (SSSR count). The normalized spacial score (nSPS) is 12.3. The van der Waals surface area contributed by atoms with Gasteiger partial charge in [-0.2, -0.15) is 0 Å². The molecule has 0 bridgehead atoms. The zero-order valence-electron chi connectivity index (χ0n) is 9.50. The van der Waals surface area contributed by atoms with Crippen molar-refractivity contribution in [2.45, 2.75) is 26.7 Å². The zero-order chi connectivity index (χ0) is 11.6. The van der Waals surface area contributed by atoms with Crippen molar-refractivity contribution in [2.24, 2.45) is 0 Å². The predicted molar refractivity (Wildman–Crippen MR) is 58.5 cm³/mol. The lowest BCUT2D eigenvalue weighted by molar-refractivity contribution is -0.138. The fraction of sp³-hybridized carbons (Fsp3) is 0.417. The molecule has 0 radical (unpaired) electrons. The summed E-state index contributed by atoms with van der Waals surface area (Å²) in [4.78, 5) is 10.9. The number of carboxylic acid groups (broad SMARTS) is 1. The first-order valence-corrected chi connectivity index (χ1v) is 4.85. The maximum absolute atomic E-state index is 10.9. The van der Waals surface area contributed by atoms with Gasteiger partial charge in [0, 0.05) is 5.56 Å². The Balaban J connectivity index is 3.32. The standard InChI is InChI=1S/C12H16O3/c1-7-5-8(2)11(9(3)12(13)14)10(6-7)15-4/h5-6,9H,1-4H3,(H,13,14). The molecular formula is C12H16O3. The van der Waals surface area contributed by atoms with Crippen LogP contribution in [0.25, 0.3) is 0 Å². The number of benzene rings is 1. The van der Waals surface area contributed by atoms with Crippen molar-refractivity contribution in [3.05, 3.63) is 28.8 Å². The molecule has 0 aromatic heterocycles. The van der Waals surface area contributed by atoms with Crippen molar-refractivity contribution in [3.63, 3.8) is 0 Å². The van der Waals surface area contributed by atoms with Gasteiger partial charge in [0.2, 0.25) is 0 Å². The molecule has 0 amide bonds. The van der Waals surface area contributed by atoms with E-state index >= 15 is 0 Å². The second-order valence-corrected chi connectivity index (χ2v) is 3.76. The number of carbonyl (C=O) groups is 1. The van der Waals surface area contributed by atoms with E-state index in [-0.39, 0.29) is 0 Å². The Bertz CT molecular complexity index is 383. The van der Waals surface area contributed by atoms with Gasteiger partial charge in [0.05, 0.1) is 13.0 Å². The molecule has 3 heteroatoms. The molecule has 1 N–H and O–H groups in total. The van der Waals surface area contributed by atoms with Crippen LogP contribution in [0.1, 0.15) is 29.5 Å². The van der Waals surface area contributed by atoms with E-state index in [0.717, 1.165) is 16.7 Å². The fourth-order valence-corrected chi connectivity index (χ4v) is 1.79. The number of carboxylic acids is 1. The van der Waals surface area contributed by atoms with Crippen LogP contribution in [0.2, 0.25) is 0 Å². The van der Waals surface area contributed by atoms with Gasteiger partial charge in [-0.05, 0) is 38.0 Å². The lowest BCUT2D eigenvalue weighted by Gasteiger charge is -2.16. The number of aryl methyl sites for hydroxylation is 2.